The van der Waals surface area contributed by atoms with Gasteiger partial charge in [-0.25, -0.2) is 0 Å². The van der Waals surface area contributed by atoms with Crippen LogP contribution in [0.3, 0.4) is 0 Å². The summed E-state index contributed by atoms with van der Waals surface area (Å²) >= 11 is 0. The number of fused-ring (bicyclic) bond motifs is 1. The average molecular weight is 273 g/mol. The highest BCUT2D eigenvalue weighted by atomic mass is 15.3. The molecule has 0 bridgehead atoms. The van der Waals surface area contributed by atoms with E-state index in [1.165, 1.54) is 37.3 Å². The second kappa shape index (κ2) is 5.47. The summed E-state index contributed by atoms with van der Waals surface area (Å²) in [4.78, 5) is 5.26. The van der Waals surface area contributed by atoms with E-state index >= 15 is 0 Å². The highest BCUT2D eigenvalue weighted by Crippen LogP contribution is 2.28. The lowest BCUT2D eigenvalue weighted by Crippen LogP contribution is -2.55. The number of hydrogen-bond acceptors (Lipinski definition) is 3. The van der Waals surface area contributed by atoms with Crippen molar-refractivity contribution in [2.75, 3.05) is 32.7 Å². The quantitative estimate of drug-likeness (QED) is 0.846. The Balaban J connectivity index is 1.70. The van der Waals surface area contributed by atoms with Crippen molar-refractivity contribution in [1.82, 2.24) is 15.1 Å². The number of rotatable bonds is 1. The summed E-state index contributed by atoms with van der Waals surface area (Å²) in [5, 5.41) is 3.57. The third-order valence-corrected chi connectivity index (χ3v) is 4.77. The van der Waals surface area contributed by atoms with E-state index in [1.54, 1.807) is 0 Å². The molecule has 0 saturated carbocycles. The van der Waals surface area contributed by atoms with Crippen LogP contribution in [0.15, 0.2) is 24.3 Å². The maximum Gasteiger partial charge on any atom is 0.0477 e. The summed E-state index contributed by atoms with van der Waals surface area (Å²) in [5.74, 6) is 0. The number of nitrogens with one attached hydrogen (secondary N) is 1. The lowest BCUT2D eigenvalue weighted by atomic mass is 9.94. The summed E-state index contributed by atoms with van der Waals surface area (Å²) in [5.41, 5.74) is 3.31. The molecule has 2 aliphatic heterocycles. The van der Waals surface area contributed by atoms with E-state index < -0.39 is 0 Å². The van der Waals surface area contributed by atoms with Gasteiger partial charge in [0.05, 0.1) is 0 Å². The summed E-state index contributed by atoms with van der Waals surface area (Å²) in [6.07, 6.45) is 0. The van der Waals surface area contributed by atoms with Gasteiger partial charge in [0.2, 0.25) is 0 Å². The maximum absolute atomic E-state index is 3.57. The zero-order chi connectivity index (χ0) is 14.2. The number of piperazine rings is 1. The van der Waals surface area contributed by atoms with Crippen LogP contribution in [-0.4, -0.2) is 48.1 Å². The van der Waals surface area contributed by atoms with Crippen molar-refractivity contribution in [1.29, 1.82) is 0 Å². The monoisotopic (exact) mass is 273 g/mol. The molecule has 0 aliphatic carbocycles. The lowest BCUT2D eigenvalue weighted by molar-refractivity contribution is 0.0399. The predicted octanol–water partition coefficient (Wildman–Crippen LogP) is 2.25. The second-order valence-electron chi connectivity index (χ2n) is 7.04. The molecule has 3 heteroatoms. The normalized spacial score (nSPS) is 25.4. The largest absolute Gasteiger partial charge is 0.311 e. The molecule has 110 valence electrons. The van der Waals surface area contributed by atoms with E-state index in [-0.39, 0.29) is 0 Å². The summed E-state index contributed by atoms with van der Waals surface area (Å²) in [7, 11) is 0. The van der Waals surface area contributed by atoms with E-state index in [0.717, 1.165) is 13.1 Å². The molecule has 0 aromatic heterocycles. The van der Waals surface area contributed by atoms with Gasteiger partial charge in [0.1, 0.15) is 0 Å². The number of hydrogen-bond donors (Lipinski definition) is 1. The van der Waals surface area contributed by atoms with Crippen LogP contribution in [-0.2, 0) is 6.54 Å². The molecule has 1 saturated heterocycles. The van der Waals surface area contributed by atoms with Crippen LogP contribution in [0.1, 0.15) is 37.9 Å². The van der Waals surface area contributed by atoms with E-state index in [2.05, 4.69) is 60.2 Å². The van der Waals surface area contributed by atoms with Crippen molar-refractivity contribution in [3.63, 3.8) is 0 Å². The van der Waals surface area contributed by atoms with Gasteiger partial charge in [-0.3, -0.25) is 9.80 Å². The van der Waals surface area contributed by atoms with Crippen LogP contribution in [0.5, 0.6) is 0 Å². The minimum absolute atomic E-state index is 0.300. The zero-order valence-corrected chi connectivity index (χ0v) is 13.0. The van der Waals surface area contributed by atoms with Gasteiger partial charge in [-0.05, 0) is 31.9 Å². The van der Waals surface area contributed by atoms with Crippen molar-refractivity contribution in [3.05, 3.63) is 35.4 Å². The van der Waals surface area contributed by atoms with Crippen molar-refractivity contribution in [3.8, 4) is 0 Å². The topological polar surface area (TPSA) is 18.5 Å². The van der Waals surface area contributed by atoms with E-state index in [9.17, 15) is 0 Å². The van der Waals surface area contributed by atoms with Crippen molar-refractivity contribution in [2.24, 2.45) is 0 Å². The molecule has 1 aromatic carbocycles. The fraction of sp³-hybridized carbons (Fsp3) is 0.647. The van der Waals surface area contributed by atoms with Crippen molar-refractivity contribution in [2.45, 2.75) is 38.9 Å². The Hall–Kier alpha value is -0.900. The molecule has 1 atom stereocenters. The molecular formula is C17H27N3. The molecule has 1 N–H and O–H groups in total. The Labute approximate surface area is 123 Å². The maximum atomic E-state index is 3.57. The fourth-order valence-electron chi connectivity index (χ4n) is 3.50. The summed E-state index contributed by atoms with van der Waals surface area (Å²) < 4.78 is 0. The highest BCUT2D eigenvalue weighted by Gasteiger charge is 2.31. The Morgan fingerprint density at radius 1 is 1.05 bits per heavy atom. The third kappa shape index (κ3) is 2.76. The average Bonchev–Trinajstić information content (AvgIpc) is 2.46. The van der Waals surface area contributed by atoms with Gasteiger partial charge in [-0.2, -0.15) is 0 Å². The molecule has 0 radical (unpaired) electrons. The van der Waals surface area contributed by atoms with Crippen LogP contribution < -0.4 is 5.32 Å². The molecule has 2 heterocycles. The van der Waals surface area contributed by atoms with Gasteiger partial charge in [-0.15, -0.1) is 0 Å². The van der Waals surface area contributed by atoms with Crippen molar-refractivity contribution >= 4 is 0 Å². The molecule has 1 aromatic rings. The van der Waals surface area contributed by atoms with Crippen LogP contribution in [0.25, 0.3) is 0 Å². The summed E-state index contributed by atoms with van der Waals surface area (Å²) in [6.45, 7) is 13.8. The molecule has 2 aliphatic rings. The first-order valence-corrected chi connectivity index (χ1v) is 7.83. The van der Waals surface area contributed by atoms with Crippen LogP contribution in [0, 0.1) is 0 Å². The van der Waals surface area contributed by atoms with Gasteiger partial charge in [-0.1, -0.05) is 24.3 Å². The van der Waals surface area contributed by atoms with Gasteiger partial charge < -0.3 is 5.32 Å². The fourth-order valence-corrected chi connectivity index (χ4v) is 3.50. The molecule has 1 fully saturated rings. The minimum Gasteiger partial charge on any atom is -0.311 e. The Kier molecular flexibility index (Phi) is 3.85. The van der Waals surface area contributed by atoms with Gasteiger partial charge in [0.25, 0.3) is 0 Å². The van der Waals surface area contributed by atoms with E-state index in [0.29, 0.717) is 11.6 Å². The highest BCUT2D eigenvalue weighted by molar-refractivity contribution is 5.32. The van der Waals surface area contributed by atoms with Crippen molar-refractivity contribution < 1.29 is 0 Å². The standard InChI is InChI=1S/C17H27N3/c1-17(2,3)20-10-8-19(9-11-20)16-13-18-12-14-6-4-5-7-15(14)16/h4-7,16,18H,8-13H2,1-3H3. The second-order valence-corrected chi connectivity index (χ2v) is 7.04. The Bertz CT molecular complexity index is 456. The molecule has 0 amide bonds. The smallest absolute Gasteiger partial charge is 0.0477 e. The molecule has 3 rings (SSSR count). The molecule has 1 unspecified atom stereocenters. The van der Waals surface area contributed by atoms with Crippen LogP contribution in [0.2, 0.25) is 0 Å². The molecular weight excluding hydrogens is 246 g/mol. The van der Waals surface area contributed by atoms with E-state index in [1.807, 2.05) is 0 Å². The lowest BCUT2D eigenvalue weighted by Gasteiger charge is -2.45. The summed E-state index contributed by atoms with van der Waals surface area (Å²) in [6, 6.07) is 9.47. The van der Waals surface area contributed by atoms with Gasteiger partial charge in [0.15, 0.2) is 0 Å². The molecule has 3 nitrogen and oxygen atoms in total. The van der Waals surface area contributed by atoms with Gasteiger partial charge >= 0.3 is 0 Å². The molecule has 0 spiro atoms. The first kappa shape index (κ1) is 14.1. The SMILES string of the molecule is CC(C)(C)N1CCN(C2CNCc3ccccc32)CC1. The first-order chi connectivity index (χ1) is 9.55. The predicted molar refractivity (Wildman–Crippen MR) is 83.8 cm³/mol. The first-order valence-electron chi connectivity index (χ1n) is 7.83. The third-order valence-electron chi connectivity index (χ3n) is 4.77. The zero-order valence-electron chi connectivity index (χ0n) is 13.0. The Morgan fingerprint density at radius 3 is 2.45 bits per heavy atom. The van der Waals surface area contributed by atoms with Crippen LogP contribution >= 0.6 is 0 Å². The van der Waals surface area contributed by atoms with E-state index in [4.69, 9.17) is 0 Å². The number of nitrogens with zero attached hydrogens (tertiary/aromatic N) is 2. The number of benzene rings is 1. The minimum atomic E-state index is 0.300. The van der Waals surface area contributed by atoms with Gasteiger partial charge in [0, 0.05) is 50.8 Å². The Morgan fingerprint density at radius 2 is 1.75 bits per heavy atom. The van der Waals surface area contributed by atoms with Crippen LogP contribution in [0.4, 0.5) is 0 Å². The molecule has 20 heavy (non-hydrogen) atoms.